The van der Waals surface area contributed by atoms with Crippen molar-refractivity contribution in [3.8, 4) is 0 Å². The van der Waals surface area contributed by atoms with E-state index in [0.29, 0.717) is 5.56 Å². The maximum absolute atomic E-state index is 11.0. The summed E-state index contributed by atoms with van der Waals surface area (Å²) in [6.07, 6.45) is 0.806. The number of aryl methyl sites for hydroxylation is 1. The van der Waals surface area contributed by atoms with Gasteiger partial charge in [-0.25, -0.2) is 4.79 Å². The third kappa shape index (κ3) is 4.27. The van der Waals surface area contributed by atoms with E-state index < -0.39 is 5.97 Å². The fourth-order valence-electron chi connectivity index (χ4n) is 4.41. The first-order valence-corrected chi connectivity index (χ1v) is 10.7. The van der Waals surface area contributed by atoms with Crippen LogP contribution in [0.2, 0.25) is 0 Å². The summed E-state index contributed by atoms with van der Waals surface area (Å²) in [6, 6.07) is 13.9. The lowest BCUT2D eigenvalue weighted by molar-refractivity contribution is 0.0697. The molecule has 1 aliphatic rings. The first-order valence-electron chi connectivity index (χ1n) is 10.7. The maximum Gasteiger partial charge on any atom is 0.335 e. The van der Waals surface area contributed by atoms with Crippen molar-refractivity contribution in [2.24, 2.45) is 0 Å². The standard InChI is InChI=1S/C25H31N3O2/c1-18-19(2)28(15-14-27-12-10-26(3)11-13-27)24-9-6-21(17-23(18)24)16-20-4-7-22(8-5-20)25(29)30/h4-9,17H,10-16H2,1-3H3,(H,29,30). The maximum atomic E-state index is 11.0. The number of nitrogens with zero attached hydrogens (tertiary/aromatic N) is 3. The largest absolute Gasteiger partial charge is 0.478 e. The van der Waals surface area contributed by atoms with E-state index in [2.05, 4.69) is 53.5 Å². The van der Waals surface area contributed by atoms with Gasteiger partial charge in [0.05, 0.1) is 5.56 Å². The fourth-order valence-corrected chi connectivity index (χ4v) is 4.41. The molecule has 158 valence electrons. The Labute approximate surface area is 178 Å². The zero-order valence-corrected chi connectivity index (χ0v) is 18.2. The van der Waals surface area contributed by atoms with Gasteiger partial charge in [-0.1, -0.05) is 18.2 Å². The molecule has 1 aromatic heterocycles. The number of benzene rings is 2. The van der Waals surface area contributed by atoms with Gasteiger partial charge in [0, 0.05) is 55.9 Å². The van der Waals surface area contributed by atoms with Crippen molar-refractivity contribution in [1.29, 1.82) is 0 Å². The van der Waals surface area contributed by atoms with Crippen LogP contribution in [-0.2, 0) is 13.0 Å². The minimum atomic E-state index is -0.882. The number of rotatable bonds is 6. The van der Waals surface area contributed by atoms with Crippen LogP contribution in [0.3, 0.4) is 0 Å². The molecule has 0 bridgehead atoms. The van der Waals surface area contributed by atoms with Gasteiger partial charge in [-0.05, 0) is 68.3 Å². The second-order valence-electron chi connectivity index (χ2n) is 8.54. The number of fused-ring (bicyclic) bond motifs is 1. The van der Waals surface area contributed by atoms with Crippen LogP contribution in [0.4, 0.5) is 0 Å². The molecule has 5 nitrogen and oxygen atoms in total. The van der Waals surface area contributed by atoms with Gasteiger partial charge in [0.1, 0.15) is 0 Å². The van der Waals surface area contributed by atoms with Crippen molar-refractivity contribution in [3.63, 3.8) is 0 Å². The lowest BCUT2D eigenvalue weighted by Crippen LogP contribution is -2.45. The molecule has 0 radical (unpaired) electrons. The summed E-state index contributed by atoms with van der Waals surface area (Å²) in [5, 5.41) is 10.4. The van der Waals surface area contributed by atoms with E-state index in [1.165, 1.54) is 27.7 Å². The van der Waals surface area contributed by atoms with Gasteiger partial charge in [0.15, 0.2) is 0 Å². The van der Waals surface area contributed by atoms with Gasteiger partial charge >= 0.3 is 5.97 Å². The highest BCUT2D eigenvalue weighted by Gasteiger charge is 2.16. The Morgan fingerprint density at radius 2 is 1.60 bits per heavy atom. The zero-order valence-electron chi connectivity index (χ0n) is 18.2. The van der Waals surface area contributed by atoms with E-state index in [4.69, 9.17) is 5.11 Å². The molecule has 1 saturated heterocycles. The Hall–Kier alpha value is -2.63. The van der Waals surface area contributed by atoms with Crippen molar-refractivity contribution in [2.45, 2.75) is 26.8 Å². The molecule has 30 heavy (non-hydrogen) atoms. The minimum Gasteiger partial charge on any atom is -0.478 e. The van der Waals surface area contributed by atoms with Gasteiger partial charge in [0.25, 0.3) is 0 Å². The highest BCUT2D eigenvalue weighted by Crippen LogP contribution is 2.27. The summed E-state index contributed by atoms with van der Waals surface area (Å²) in [4.78, 5) is 16.0. The fraction of sp³-hybridized carbons (Fsp3) is 0.400. The highest BCUT2D eigenvalue weighted by molar-refractivity contribution is 5.87. The molecule has 0 spiro atoms. The number of piperazine rings is 1. The van der Waals surface area contributed by atoms with Crippen molar-refractivity contribution in [1.82, 2.24) is 14.4 Å². The Balaban J connectivity index is 1.51. The number of hydrogen-bond acceptors (Lipinski definition) is 3. The van der Waals surface area contributed by atoms with Crippen molar-refractivity contribution >= 4 is 16.9 Å². The van der Waals surface area contributed by atoms with Gasteiger partial charge in [-0.2, -0.15) is 0 Å². The molecule has 5 heteroatoms. The van der Waals surface area contributed by atoms with Crippen LogP contribution < -0.4 is 0 Å². The van der Waals surface area contributed by atoms with Crippen LogP contribution >= 0.6 is 0 Å². The Morgan fingerprint density at radius 3 is 2.27 bits per heavy atom. The molecular formula is C25H31N3O2. The van der Waals surface area contributed by atoms with Crippen LogP contribution in [-0.4, -0.2) is 65.2 Å². The van der Waals surface area contributed by atoms with E-state index in [0.717, 1.165) is 51.3 Å². The minimum absolute atomic E-state index is 0.332. The number of carbonyl (C=O) groups is 1. The topological polar surface area (TPSA) is 48.7 Å². The Bertz CT molecular complexity index is 1040. The van der Waals surface area contributed by atoms with E-state index in [1.54, 1.807) is 12.1 Å². The first kappa shape index (κ1) is 20.6. The smallest absolute Gasteiger partial charge is 0.335 e. The number of aromatic carboxylic acids is 1. The normalized spacial score (nSPS) is 15.7. The van der Waals surface area contributed by atoms with Gasteiger partial charge < -0.3 is 14.6 Å². The predicted octanol–water partition coefficient (Wildman–Crippen LogP) is 3.79. The Morgan fingerprint density at radius 1 is 0.933 bits per heavy atom. The molecule has 0 atom stereocenters. The number of likely N-dealkylation sites (N-methyl/N-ethyl adjacent to an activating group) is 1. The molecule has 0 saturated carbocycles. The molecule has 0 unspecified atom stereocenters. The molecule has 1 N–H and O–H groups in total. The lowest BCUT2D eigenvalue weighted by atomic mass is 10.0. The SMILES string of the molecule is Cc1c(C)n(CCN2CCN(C)CC2)c2ccc(Cc3ccc(C(=O)O)cc3)cc12. The molecule has 2 aromatic carbocycles. The number of hydrogen-bond donors (Lipinski definition) is 1. The van der Waals surface area contributed by atoms with Crippen LogP contribution in [0.25, 0.3) is 10.9 Å². The number of carboxylic acid groups (broad SMARTS) is 1. The van der Waals surface area contributed by atoms with Crippen molar-refractivity contribution in [2.75, 3.05) is 39.8 Å². The lowest BCUT2D eigenvalue weighted by Gasteiger charge is -2.32. The van der Waals surface area contributed by atoms with Crippen LogP contribution in [0.15, 0.2) is 42.5 Å². The summed E-state index contributed by atoms with van der Waals surface area (Å²) in [6.45, 7) is 11.2. The molecular weight excluding hydrogens is 374 g/mol. The van der Waals surface area contributed by atoms with E-state index >= 15 is 0 Å². The van der Waals surface area contributed by atoms with Crippen LogP contribution in [0, 0.1) is 13.8 Å². The zero-order chi connectivity index (χ0) is 21.3. The molecule has 0 amide bonds. The quantitative estimate of drug-likeness (QED) is 0.678. The third-order valence-electron chi connectivity index (χ3n) is 6.55. The summed E-state index contributed by atoms with van der Waals surface area (Å²) in [7, 11) is 2.20. The summed E-state index contributed by atoms with van der Waals surface area (Å²) < 4.78 is 2.47. The van der Waals surface area contributed by atoms with E-state index in [1.807, 2.05) is 12.1 Å². The van der Waals surface area contributed by atoms with Crippen LogP contribution in [0.1, 0.15) is 32.7 Å². The van der Waals surface area contributed by atoms with Crippen LogP contribution in [0.5, 0.6) is 0 Å². The molecule has 4 rings (SSSR count). The van der Waals surface area contributed by atoms with Crippen molar-refractivity contribution in [3.05, 3.63) is 70.4 Å². The number of carboxylic acids is 1. The van der Waals surface area contributed by atoms with Gasteiger partial charge in [0.2, 0.25) is 0 Å². The highest BCUT2D eigenvalue weighted by atomic mass is 16.4. The molecule has 2 heterocycles. The Kier molecular flexibility index (Phi) is 5.93. The van der Waals surface area contributed by atoms with E-state index in [9.17, 15) is 4.79 Å². The average molecular weight is 406 g/mol. The number of aromatic nitrogens is 1. The molecule has 3 aromatic rings. The predicted molar refractivity (Wildman–Crippen MR) is 122 cm³/mol. The van der Waals surface area contributed by atoms with E-state index in [-0.39, 0.29) is 0 Å². The monoisotopic (exact) mass is 405 g/mol. The third-order valence-corrected chi connectivity index (χ3v) is 6.55. The van der Waals surface area contributed by atoms with Gasteiger partial charge in [-0.15, -0.1) is 0 Å². The van der Waals surface area contributed by atoms with Crippen molar-refractivity contribution < 1.29 is 9.90 Å². The molecule has 1 fully saturated rings. The molecule has 0 aliphatic carbocycles. The second kappa shape index (κ2) is 8.62. The van der Waals surface area contributed by atoms with Gasteiger partial charge in [-0.3, -0.25) is 4.90 Å². The summed E-state index contributed by atoms with van der Waals surface area (Å²) in [5.74, 6) is -0.882. The second-order valence-corrected chi connectivity index (χ2v) is 8.54. The first-order chi connectivity index (χ1) is 14.4. The molecule has 1 aliphatic heterocycles. The summed E-state index contributed by atoms with van der Waals surface area (Å²) in [5.41, 5.74) is 6.73. The summed E-state index contributed by atoms with van der Waals surface area (Å²) >= 11 is 0. The average Bonchev–Trinajstić information content (AvgIpc) is 2.98.